The number of amides is 6. The fraction of sp³-hybridized carbons (Fsp3) is 0.385. The lowest BCUT2D eigenvalue weighted by Gasteiger charge is -2.56. The molecule has 242 valence electrons. The average Bonchev–Trinajstić information content (AvgIpc) is 3.47. The van der Waals surface area contributed by atoms with Gasteiger partial charge in [0.2, 0.25) is 23.6 Å². The topological polar surface area (TPSA) is 220 Å². The second-order valence-electron chi connectivity index (χ2n) is 10.1. The molecule has 3 aliphatic rings. The van der Waals surface area contributed by atoms with E-state index in [9.17, 15) is 38.7 Å². The number of piperazine rings is 1. The van der Waals surface area contributed by atoms with Crippen LogP contribution < -0.4 is 10.6 Å². The summed E-state index contributed by atoms with van der Waals surface area (Å²) in [5.41, 5.74) is -1.78. The first-order valence-corrected chi connectivity index (χ1v) is 15.8. The van der Waals surface area contributed by atoms with Crippen LogP contribution in [0.2, 0.25) is 0 Å². The zero-order chi connectivity index (χ0) is 33.2. The minimum absolute atomic E-state index is 0.0887. The molecule has 0 spiro atoms. The van der Waals surface area contributed by atoms with Crippen molar-refractivity contribution in [1.29, 1.82) is 0 Å². The molecule has 1 aromatic carbocycles. The molecular weight excluding hydrogens is 644 g/mol. The third-order valence-electron chi connectivity index (χ3n) is 7.60. The van der Waals surface area contributed by atoms with E-state index >= 15 is 0 Å². The quantitative estimate of drug-likeness (QED) is 0.0685. The van der Waals surface area contributed by atoms with Crippen molar-refractivity contribution in [1.82, 2.24) is 50.7 Å². The van der Waals surface area contributed by atoms with E-state index in [2.05, 4.69) is 26.2 Å². The molecule has 1 unspecified atom stereocenters. The Kier molecular flexibility index (Phi) is 9.28. The summed E-state index contributed by atoms with van der Waals surface area (Å²) >= 11 is 2.28. The van der Waals surface area contributed by atoms with Crippen LogP contribution in [-0.4, -0.2) is 130 Å². The Balaban J connectivity index is 1.45. The fourth-order valence-corrected chi connectivity index (χ4v) is 7.78. The van der Waals surface area contributed by atoms with Crippen LogP contribution in [0.1, 0.15) is 18.5 Å². The Morgan fingerprint density at radius 1 is 1.20 bits per heavy atom. The van der Waals surface area contributed by atoms with E-state index in [0.717, 1.165) is 26.7 Å². The molecule has 1 aromatic heterocycles. The smallest absolute Gasteiger partial charge is 0.352 e. The van der Waals surface area contributed by atoms with Gasteiger partial charge in [-0.2, -0.15) is 0 Å². The summed E-state index contributed by atoms with van der Waals surface area (Å²) in [6, 6.07) is 6.31. The van der Waals surface area contributed by atoms with Gasteiger partial charge in [-0.15, -0.1) is 16.9 Å². The molecule has 2 fully saturated rings. The molecule has 6 amide bonds. The number of nitrogens with zero attached hydrogens (tertiary/aromatic N) is 8. The summed E-state index contributed by atoms with van der Waals surface area (Å²) in [7, 11) is 1.62. The highest BCUT2D eigenvalue weighted by atomic mass is 32.2. The number of β-lactam (4-membered cyclic amide) rings is 1. The lowest BCUT2D eigenvalue weighted by Crippen LogP contribution is -2.85. The first-order valence-electron chi connectivity index (χ1n) is 13.8. The van der Waals surface area contributed by atoms with Gasteiger partial charge in [0, 0.05) is 31.6 Å². The van der Waals surface area contributed by atoms with Gasteiger partial charge in [0.1, 0.15) is 11.1 Å². The maximum Gasteiger partial charge on any atom is 0.352 e. The van der Waals surface area contributed by atoms with Crippen LogP contribution in [0, 0.1) is 0 Å². The second kappa shape index (κ2) is 13.2. The Hall–Kier alpha value is -4.98. The zero-order valence-electron chi connectivity index (χ0n) is 24.4. The van der Waals surface area contributed by atoms with Gasteiger partial charge >= 0.3 is 17.8 Å². The van der Waals surface area contributed by atoms with E-state index in [1.54, 1.807) is 32.2 Å². The Labute approximate surface area is 269 Å². The maximum atomic E-state index is 14.1. The van der Waals surface area contributed by atoms with Gasteiger partial charge < -0.3 is 20.6 Å². The van der Waals surface area contributed by atoms with E-state index in [1.165, 1.54) is 33.5 Å². The highest BCUT2D eigenvalue weighted by molar-refractivity contribution is 8.01. The molecule has 2 saturated heterocycles. The minimum atomic E-state index is -2.10. The van der Waals surface area contributed by atoms with Gasteiger partial charge in [0.05, 0.1) is 6.54 Å². The summed E-state index contributed by atoms with van der Waals surface area (Å²) in [5.74, 6) is -4.92. The van der Waals surface area contributed by atoms with Crippen molar-refractivity contribution in [2.75, 3.05) is 31.1 Å². The van der Waals surface area contributed by atoms with Crippen LogP contribution in [0.4, 0.5) is 0 Å². The van der Waals surface area contributed by atoms with Crippen LogP contribution in [0.25, 0.3) is 0 Å². The van der Waals surface area contributed by atoms with Gasteiger partial charge in [0.25, 0.3) is 11.8 Å². The molecule has 3 aliphatic heterocycles. The molecule has 0 saturated carbocycles. The van der Waals surface area contributed by atoms with Crippen molar-refractivity contribution in [3.05, 3.63) is 47.2 Å². The fourth-order valence-electron chi connectivity index (χ4n) is 5.37. The predicted octanol–water partition coefficient (Wildman–Crippen LogP) is -2.08. The number of carbonyl (C=O) groups excluding carboxylic acids is 6. The number of rotatable bonds is 13. The van der Waals surface area contributed by atoms with E-state index in [4.69, 9.17) is 0 Å². The number of carboxylic acids is 1. The molecule has 3 N–H and O–H groups in total. The number of carbonyl (C=O) groups is 7. The molecule has 0 radical (unpaired) electrons. The lowest BCUT2D eigenvalue weighted by atomic mass is 9.94. The van der Waals surface area contributed by atoms with E-state index in [0.29, 0.717) is 10.7 Å². The number of thioether (sulfide) groups is 2. The van der Waals surface area contributed by atoms with Crippen molar-refractivity contribution in [2.45, 2.75) is 29.2 Å². The molecule has 46 heavy (non-hydrogen) atoms. The van der Waals surface area contributed by atoms with Crippen molar-refractivity contribution in [3.8, 4) is 0 Å². The molecule has 18 nitrogen and oxygen atoms in total. The predicted molar refractivity (Wildman–Crippen MR) is 158 cm³/mol. The number of hydrogen-bond acceptors (Lipinski definition) is 12. The molecule has 2 aromatic rings. The Morgan fingerprint density at radius 3 is 2.54 bits per heavy atom. The Bertz CT molecular complexity index is 1620. The van der Waals surface area contributed by atoms with E-state index in [-0.39, 0.29) is 55.2 Å². The number of fused-ring (bicyclic) bond motifs is 1. The number of nitrogens with one attached hydrogen (secondary N) is 2. The zero-order valence-corrected chi connectivity index (χ0v) is 26.1. The van der Waals surface area contributed by atoms with Gasteiger partial charge in [-0.25, -0.2) is 19.5 Å². The van der Waals surface area contributed by atoms with Gasteiger partial charge in [-0.1, -0.05) is 42.1 Å². The van der Waals surface area contributed by atoms with Crippen molar-refractivity contribution >= 4 is 65.9 Å². The van der Waals surface area contributed by atoms with Crippen LogP contribution in [0.3, 0.4) is 0 Å². The van der Waals surface area contributed by atoms with Gasteiger partial charge in [-0.05, 0) is 28.5 Å². The molecule has 0 bridgehead atoms. The van der Waals surface area contributed by atoms with E-state index < -0.39 is 46.7 Å². The summed E-state index contributed by atoms with van der Waals surface area (Å²) in [6.07, 6.45) is 0.434. The largest absolute Gasteiger partial charge is 0.477 e. The van der Waals surface area contributed by atoms with Crippen LogP contribution in [-0.2, 0) is 40.6 Å². The molecule has 0 aliphatic carbocycles. The SMILES string of the molecule is CCN1CCN(N(C=O)C(C(=O)N[C@]2(NC=O)C(=O)N3C(C(=O)O)=C(CSc4nnnn4C)CS[C@H]32)c2ccccc2)C(=O)C1=O. The first-order chi connectivity index (χ1) is 22.1. The summed E-state index contributed by atoms with van der Waals surface area (Å²) < 4.78 is 1.41. The van der Waals surface area contributed by atoms with Crippen LogP contribution in [0.5, 0.6) is 0 Å². The second-order valence-corrected chi connectivity index (χ2v) is 12.2. The molecule has 5 rings (SSSR count). The maximum absolute atomic E-state index is 14.1. The third kappa shape index (κ3) is 5.53. The standard InChI is InChI=1S/C26H28N10O8S2/c1-3-33-9-10-34(21(41)20(33)40)35(14-38)17(15-7-5-4-6-8-15)19(39)28-26(27-13-37)23(44)36-18(22(42)43)16(11-45-24(26)36)12-46-25-29-30-31-32(25)2/h4-8,13-14,17,24H,3,9-12H2,1-2H3,(H,27,37)(H,28,39)(H,42,43)/t17?,24-,26+/m0/s1. The summed E-state index contributed by atoms with van der Waals surface area (Å²) in [5, 5.41) is 27.1. The van der Waals surface area contributed by atoms with Gasteiger partial charge in [-0.3, -0.25) is 33.7 Å². The molecule has 20 heteroatoms. The molecular formula is C26H28N10O8S2. The van der Waals surface area contributed by atoms with Crippen LogP contribution in [0.15, 0.2) is 46.8 Å². The number of benzene rings is 1. The number of hydrogen-bond donors (Lipinski definition) is 3. The number of likely N-dealkylation sites (N-methyl/N-ethyl adjacent to an activating group) is 1. The normalized spacial score (nSPS) is 21.7. The average molecular weight is 673 g/mol. The first kappa shape index (κ1) is 32.4. The summed E-state index contributed by atoms with van der Waals surface area (Å²) in [6.45, 7) is 1.98. The lowest BCUT2D eigenvalue weighted by molar-refractivity contribution is -0.178. The van der Waals surface area contributed by atoms with Crippen LogP contribution >= 0.6 is 23.5 Å². The number of hydrazine groups is 1. The van der Waals surface area contributed by atoms with Crippen molar-refractivity contribution in [2.24, 2.45) is 7.05 Å². The highest BCUT2D eigenvalue weighted by Gasteiger charge is 2.66. The van der Waals surface area contributed by atoms with Gasteiger partial charge in [0.15, 0.2) is 6.04 Å². The molecule has 4 heterocycles. The number of aryl methyl sites for hydroxylation is 1. The minimum Gasteiger partial charge on any atom is -0.477 e. The number of aromatic nitrogens is 4. The number of aliphatic carboxylic acids is 1. The van der Waals surface area contributed by atoms with E-state index in [1.807, 2.05) is 0 Å². The Morgan fingerprint density at radius 2 is 1.93 bits per heavy atom. The number of carboxylic acid groups (broad SMARTS) is 1. The summed E-state index contributed by atoms with van der Waals surface area (Å²) in [4.78, 5) is 92.6. The molecule has 3 atom stereocenters. The third-order valence-corrected chi connectivity index (χ3v) is 10.1. The number of tetrazole rings is 1. The monoisotopic (exact) mass is 672 g/mol. The highest BCUT2D eigenvalue weighted by Crippen LogP contribution is 2.46. The van der Waals surface area contributed by atoms with Crippen molar-refractivity contribution < 1.29 is 38.7 Å². The van der Waals surface area contributed by atoms with Crippen molar-refractivity contribution in [3.63, 3.8) is 0 Å².